The monoisotopic (exact) mass is 830 g/mol. The van der Waals surface area contributed by atoms with Crippen LogP contribution in [0.2, 0.25) is 0 Å². The van der Waals surface area contributed by atoms with E-state index in [1.807, 2.05) is 0 Å². The summed E-state index contributed by atoms with van der Waals surface area (Å²) in [5.41, 5.74) is 0.107. The van der Waals surface area contributed by atoms with Crippen molar-refractivity contribution in [3.05, 3.63) is 82.4 Å². The summed E-state index contributed by atoms with van der Waals surface area (Å²) in [4.78, 5) is 74.4. The van der Waals surface area contributed by atoms with Crippen LogP contribution < -0.4 is 28.4 Å². The summed E-state index contributed by atoms with van der Waals surface area (Å²) in [6.07, 6.45) is -5.67. The van der Waals surface area contributed by atoms with Gasteiger partial charge in [-0.2, -0.15) is 0 Å². The molecular weight excluding hydrogens is 792 g/mol. The van der Waals surface area contributed by atoms with Crippen LogP contribution in [0.4, 0.5) is 0 Å². The predicted molar refractivity (Wildman–Crippen MR) is 201 cm³/mol. The van der Waals surface area contributed by atoms with Crippen LogP contribution in [0.3, 0.4) is 0 Å². The fourth-order valence-electron chi connectivity index (χ4n) is 7.20. The fraction of sp³-hybridized carbons (Fsp3) is 0.286. The van der Waals surface area contributed by atoms with E-state index < -0.39 is 89.1 Å². The molecule has 0 saturated carbocycles. The van der Waals surface area contributed by atoms with Crippen LogP contribution in [0.15, 0.2) is 54.6 Å². The van der Waals surface area contributed by atoms with Gasteiger partial charge in [0.05, 0.1) is 5.92 Å². The molecule has 0 fully saturated rings. The molecule has 1 unspecified atom stereocenters. The van der Waals surface area contributed by atoms with Crippen molar-refractivity contribution in [2.24, 2.45) is 0 Å². The van der Waals surface area contributed by atoms with E-state index in [9.17, 15) is 49.2 Å². The van der Waals surface area contributed by atoms with Crippen LogP contribution in [-0.4, -0.2) is 68.4 Å². The molecule has 0 radical (unpaired) electrons. The van der Waals surface area contributed by atoms with Crippen molar-refractivity contribution in [1.82, 2.24) is 0 Å². The summed E-state index contributed by atoms with van der Waals surface area (Å²) in [7, 11) is 0. The smallest absolute Gasteiger partial charge is 0.308 e. The molecule has 5 atom stereocenters. The number of benzene rings is 4. The average Bonchev–Trinajstić information content (AvgIpc) is 3.12. The zero-order valence-electron chi connectivity index (χ0n) is 32.8. The highest BCUT2D eigenvalue weighted by Crippen LogP contribution is 2.58. The number of esters is 6. The Labute approximate surface area is 340 Å². The van der Waals surface area contributed by atoms with E-state index in [4.69, 9.17) is 37.9 Å². The van der Waals surface area contributed by atoms with Gasteiger partial charge >= 0.3 is 35.8 Å². The Morgan fingerprint density at radius 1 is 0.533 bits per heavy atom. The van der Waals surface area contributed by atoms with Crippen molar-refractivity contribution in [1.29, 1.82) is 0 Å². The highest BCUT2D eigenvalue weighted by molar-refractivity contribution is 5.76. The molecule has 6 rings (SSSR count). The minimum atomic E-state index is -1.57. The van der Waals surface area contributed by atoms with Crippen molar-refractivity contribution in [3.63, 3.8) is 0 Å². The predicted octanol–water partition coefficient (Wildman–Crippen LogP) is 5.02. The third-order valence-corrected chi connectivity index (χ3v) is 9.21. The molecule has 0 spiro atoms. The molecule has 0 amide bonds. The van der Waals surface area contributed by atoms with Crippen LogP contribution >= 0.6 is 0 Å². The van der Waals surface area contributed by atoms with E-state index >= 15 is 0 Å². The fourth-order valence-corrected chi connectivity index (χ4v) is 7.20. The molecular formula is C42H38O18. The van der Waals surface area contributed by atoms with Gasteiger partial charge < -0.3 is 58.3 Å². The molecule has 18 heteroatoms. The summed E-state index contributed by atoms with van der Waals surface area (Å²) < 4.78 is 46.3. The van der Waals surface area contributed by atoms with E-state index in [0.717, 1.165) is 47.6 Å². The van der Waals surface area contributed by atoms with Crippen molar-refractivity contribution in [2.45, 2.75) is 78.3 Å². The summed E-state index contributed by atoms with van der Waals surface area (Å²) in [5.74, 6) is -9.54. The minimum Gasteiger partial charge on any atom is -0.507 e. The molecule has 2 aliphatic rings. The van der Waals surface area contributed by atoms with Gasteiger partial charge in [-0.1, -0.05) is 12.1 Å². The van der Waals surface area contributed by atoms with Gasteiger partial charge in [-0.25, -0.2) is 0 Å². The van der Waals surface area contributed by atoms with Gasteiger partial charge in [0.25, 0.3) is 0 Å². The average molecular weight is 831 g/mol. The van der Waals surface area contributed by atoms with Gasteiger partial charge in [-0.15, -0.1) is 0 Å². The van der Waals surface area contributed by atoms with Crippen molar-refractivity contribution in [3.8, 4) is 57.5 Å². The van der Waals surface area contributed by atoms with Gasteiger partial charge in [-0.3, -0.25) is 28.8 Å². The quantitative estimate of drug-likeness (QED) is 0.0981. The van der Waals surface area contributed by atoms with Crippen LogP contribution in [-0.2, 0) is 44.7 Å². The van der Waals surface area contributed by atoms with Crippen LogP contribution in [0.1, 0.15) is 87.5 Å². The summed E-state index contributed by atoms with van der Waals surface area (Å²) in [6.45, 7) is 6.70. The Kier molecular flexibility index (Phi) is 11.8. The third kappa shape index (κ3) is 8.81. The Morgan fingerprint density at radius 2 is 1.13 bits per heavy atom. The number of ether oxygens (including phenoxy) is 8. The lowest BCUT2D eigenvalue weighted by Crippen LogP contribution is -2.40. The summed E-state index contributed by atoms with van der Waals surface area (Å²) in [6, 6.07) is 11.2. The normalized spacial score (nSPS) is 18.9. The van der Waals surface area contributed by atoms with Gasteiger partial charge in [0.1, 0.15) is 40.6 Å². The number of aromatic hydroxyl groups is 4. The number of phenols is 4. The Balaban J connectivity index is 1.68. The van der Waals surface area contributed by atoms with Crippen LogP contribution in [0.25, 0.3) is 0 Å². The molecule has 314 valence electrons. The van der Waals surface area contributed by atoms with E-state index in [-0.39, 0.29) is 68.7 Å². The Hall–Kier alpha value is -7.50. The first-order valence-electron chi connectivity index (χ1n) is 18.1. The van der Waals surface area contributed by atoms with Crippen LogP contribution in [0.5, 0.6) is 57.5 Å². The molecule has 0 aromatic heterocycles. The summed E-state index contributed by atoms with van der Waals surface area (Å²) >= 11 is 0. The molecule has 0 saturated heterocycles. The maximum Gasteiger partial charge on any atom is 0.308 e. The number of hydrogen-bond acceptors (Lipinski definition) is 18. The van der Waals surface area contributed by atoms with Crippen molar-refractivity contribution in [2.75, 3.05) is 0 Å². The zero-order valence-corrected chi connectivity index (χ0v) is 32.8. The molecule has 4 aromatic rings. The molecule has 2 aliphatic heterocycles. The standard InChI is InChI=1S/C42H38O18/c1-17(43)53-25-13-33(56-20(4)46)37-34(14-25)59-40(24-8-10-31(54-18(2)44)32(12-24)55-19(3)45)42(58-22(6)48)38(37)36-30(52)16-28(50)26-15-35(57-21(5)47)39(60-41(26)36)23-7-9-27(49)29(51)11-23/h7-14,16,35,38-40,42,49-52H,15H2,1-6H3/t35-,38?,39-,40-,42-/m1/s1. The number of carbonyl (C=O) groups is 6. The SMILES string of the molecule is CC(=O)Oc1cc(OC(C)=O)c2c(c1)O[C@H](c1ccc(OC(C)=O)c(OC(C)=O)c1)[C@H](OC(C)=O)C2c1c(O)cc(O)c2c1O[C@H](c1ccc(O)c(O)c1)[C@H](OC(C)=O)C2. The minimum absolute atomic E-state index is 0.00733. The lowest BCUT2D eigenvalue weighted by Gasteiger charge is -2.42. The van der Waals surface area contributed by atoms with Gasteiger partial charge in [0, 0.05) is 94.0 Å². The number of rotatable bonds is 9. The number of fused-ring (bicyclic) bond motifs is 2. The van der Waals surface area contributed by atoms with Crippen molar-refractivity contribution >= 4 is 35.8 Å². The molecule has 0 bridgehead atoms. The van der Waals surface area contributed by atoms with E-state index in [2.05, 4.69) is 0 Å². The van der Waals surface area contributed by atoms with E-state index in [1.165, 1.54) is 48.5 Å². The van der Waals surface area contributed by atoms with E-state index in [0.29, 0.717) is 0 Å². The van der Waals surface area contributed by atoms with Gasteiger partial charge in [0.15, 0.2) is 41.3 Å². The molecule has 0 aliphatic carbocycles. The Morgan fingerprint density at radius 3 is 1.75 bits per heavy atom. The van der Waals surface area contributed by atoms with Gasteiger partial charge in [0.2, 0.25) is 0 Å². The molecule has 18 nitrogen and oxygen atoms in total. The first kappa shape index (κ1) is 42.1. The largest absolute Gasteiger partial charge is 0.507 e. The second kappa shape index (κ2) is 16.8. The number of carbonyl (C=O) groups excluding carboxylic acids is 6. The van der Waals surface area contributed by atoms with Crippen LogP contribution in [0, 0.1) is 0 Å². The maximum absolute atomic E-state index is 13.1. The second-order valence-electron chi connectivity index (χ2n) is 13.8. The topological polar surface area (TPSA) is 257 Å². The number of hydrogen-bond donors (Lipinski definition) is 4. The first-order chi connectivity index (χ1) is 28.3. The highest BCUT2D eigenvalue weighted by atomic mass is 16.6. The van der Waals surface area contributed by atoms with Gasteiger partial charge in [-0.05, 0) is 24.3 Å². The van der Waals surface area contributed by atoms with E-state index in [1.54, 1.807) is 0 Å². The molecule has 2 heterocycles. The first-order valence-corrected chi connectivity index (χ1v) is 18.1. The summed E-state index contributed by atoms with van der Waals surface area (Å²) in [5, 5.41) is 43.7. The molecule has 4 N–H and O–H groups in total. The Bertz CT molecular complexity index is 2440. The second-order valence-corrected chi connectivity index (χ2v) is 13.8. The molecule has 60 heavy (non-hydrogen) atoms. The zero-order chi connectivity index (χ0) is 43.7. The highest BCUT2D eigenvalue weighted by Gasteiger charge is 2.49. The van der Waals surface area contributed by atoms with Crippen molar-refractivity contribution < 1.29 is 87.1 Å². The number of phenolic OH excluding ortho intramolecular Hbond substituents is 4. The maximum atomic E-state index is 13.1. The lowest BCUT2D eigenvalue weighted by atomic mass is 9.77. The lowest BCUT2D eigenvalue weighted by molar-refractivity contribution is -0.154. The third-order valence-electron chi connectivity index (χ3n) is 9.21. The molecule has 4 aromatic carbocycles.